The summed E-state index contributed by atoms with van der Waals surface area (Å²) in [4.78, 5) is 0. The van der Waals surface area contributed by atoms with Gasteiger partial charge in [0.1, 0.15) is 0 Å². The summed E-state index contributed by atoms with van der Waals surface area (Å²) in [5, 5.41) is 8.92. The summed E-state index contributed by atoms with van der Waals surface area (Å²) in [6.07, 6.45) is 0.632. The average molecular weight is 188 g/mol. The van der Waals surface area contributed by atoms with Crippen LogP contribution < -0.4 is 0 Å². The van der Waals surface area contributed by atoms with Crippen molar-refractivity contribution in [1.82, 2.24) is 0 Å². The SMILES string of the molecule is [CH2]C(OC)c1cccc(C#N)c1CC. The van der Waals surface area contributed by atoms with Crippen molar-refractivity contribution < 1.29 is 4.74 Å². The van der Waals surface area contributed by atoms with Gasteiger partial charge in [-0.15, -0.1) is 0 Å². The van der Waals surface area contributed by atoms with Crippen molar-refractivity contribution in [2.45, 2.75) is 19.4 Å². The van der Waals surface area contributed by atoms with Gasteiger partial charge in [0.05, 0.1) is 17.7 Å². The predicted molar refractivity (Wildman–Crippen MR) is 55.6 cm³/mol. The van der Waals surface area contributed by atoms with E-state index in [4.69, 9.17) is 10.00 Å². The molecule has 2 nitrogen and oxygen atoms in total. The van der Waals surface area contributed by atoms with Crippen molar-refractivity contribution in [3.63, 3.8) is 0 Å². The molecule has 1 rings (SSSR count). The number of ether oxygens (including phenoxy) is 1. The maximum atomic E-state index is 8.92. The van der Waals surface area contributed by atoms with E-state index in [0.717, 1.165) is 23.1 Å². The van der Waals surface area contributed by atoms with Gasteiger partial charge in [0, 0.05) is 7.11 Å². The fraction of sp³-hybridized carbons (Fsp3) is 0.333. The van der Waals surface area contributed by atoms with E-state index in [1.807, 2.05) is 25.1 Å². The fourth-order valence-electron chi connectivity index (χ4n) is 1.53. The number of rotatable bonds is 3. The molecule has 0 amide bonds. The van der Waals surface area contributed by atoms with E-state index in [1.54, 1.807) is 7.11 Å². The quantitative estimate of drug-likeness (QED) is 0.730. The maximum Gasteiger partial charge on any atom is 0.0994 e. The van der Waals surface area contributed by atoms with Crippen LogP contribution in [0.25, 0.3) is 0 Å². The Morgan fingerprint density at radius 3 is 2.79 bits per heavy atom. The first kappa shape index (κ1) is 10.7. The summed E-state index contributed by atoms with van der Waals surface area (Å²) < 4.78 is 5.16. The summed E-state index contributed by atoms with van der Waals surface area (Å²) in [7, 11) is 1.62. The van der Waals surface area contributed by atoms with E-state index in [-0.39, 0.29) is 6.10 Å². The number of hydrogen-bond donors (Lipinski definition) is 0. The Morgan fingerprint density at radius 1 is 1.57 bits per heavy atom. The first-order valence-corrected chi connectivity index (χ1v) is 4.62. The topological polar surface area (TPSA) is 33.0 Å². The average Bonchev–Trinajstić information content (AvgIpc) is 2.26. The maximum absolute atomic E-state index is 8.92. The van der Waals surface area contributed by atoms with Gasteiger partial charge in [-0.2, -0.15) is 5.26 Å². The molecule has 0 aromatic heterocycles. The molecule has 0 heterocycles. The van der Waals surface area contributed by atoms with E-state index >= 15 is 0 Å². The molecule has 0 N–H and O–H groups in total. The van der Waals surface area contributed by atoms with E-state index in [2.05, 4.69) is 13.0 Å². The zero-order valence-corrected chi connectivity index (χ0v) is 8.58. The summed E-state index contributed by atoms with van der Waals surface area (Å²) in [6, 6.07) is 7.83. The van der Waals surface area contributed by atoms with Crippen molar-refractivity contribution in [3.05, 3.63) is 41.8 Å². The summed E-state index contributed by atoms with van der Waals surface area (Å²) in [5.41, 5.74) is 2.77. The van der Waals surface area contributed by atoms with Gasteiger partial charge < -0.3 is 4.74 Å². The number of benzene rings is 1. The number of nitriles is 1. The molecule has 0 bridgehead atoms. The molecule has 2 heteroatoms. The van der Waals surface area contributed by atoms with Crippen LogP contribution in [0.15, 0.2) is 18.2 Å². The lowest BCUT2D eigenvalue weighted by atomic mass is 9.96. The van der Waals surface area contributed by atoms with Crippen molar-refractivity contribution in [3.8, 4) is 6.07 Å². The predicted octanol–water partition coefficient (Wildman–Crippen LogP) is 2.64. The third-order valence-corrected chi connectivity index (χ3v) is 2.32. The molecule has 73 valence electrons. The van der Waals surface area contributed by atoms with Crippen LogP contribution in [-0.2, 0) is 11.2 Å². The molecule has 1 atom stereocenters. The smallest absolute Gasteiger partial charge is 0.0994 e. The van der Waals surface area contributed by atoms with Gasteiger partial charge in [-0.3, -0.25) is 0 Å². The lowest BCUT2D eigenvalue weighted by molar-refractivity contribution is 0.140. The Balaban J connectivity index is 3.23. The summed E-state index contributed by atoms with van der Waals surface area (Å²) in [5.74, 6) is 0. The second kappa shape index (κ2) is 4.78. The van der Waals surface area contributed by atoms with Crippen LogP contribution in [-0.4, -0.2) is 7.11 Å². The second-order valence-corrected chi connectivity index (χ2v) is 3.06. The minimum atomic E-state index is -0.196. The first-order chi connectivity index (χ1) is 6.74. The number of hydrogen-bond acceptors (Lipinski definition) is 2. The number of nitrogens with zero attached hydrogens (tertiary/aromatic N) is 1. The Morgan fingerprint density at radius 2 is 2.29 bits per heavy atom. The highest BCUT2D eigenvalue weighted by Crippen LogP contribution is 2.23. The first-order valence-electron chi connectivity index (χ1n) is 4.62. The van der Waals surface area contributed by atoms with Crippen molar-refractivity contribution in [1.29, 1.82) is 5.26 Å². The van der Waals surface area contributed by atoms with E-state index in [0.29, 0.717) is 0 Å². The molecule has 1 unspecified atom stereocenters. The molecule has 0 saturated heterocycles. The highest BCUT2D eigenvalue weighted by Gasteiger charge is 2.11. The van der Waals surface area contributed by atoms with Crippen LogP contribution in [0.3, 0.4) is 0 Å². The zero-order chi connectivity index (χ0) is 10.6. The minimum absolute atomic E-state index is 0.196. The highest BCUT2D eigenvalue weighted by molar-refractivity contribution is 5.44. The fourth-order valence-corrected chi connectivity index (χ4v) is 1.53. The van der Waals surface area contributed by atoms with Crippen LogP contribution in [0.4, 0.5) is 0 Å². The Hall–Kier alpha value is -1.33. The minimum Gasteiger partial charge on any atom is -0.377 e. The zero-order valence-electron chi connectivity index (χ0n) is 8.58. The Labute approximate surface area is 85.1 Å². The van der Waals surface area contributed by atoms with E-state index in [1.165, 1.54) is 0 Å². The molecule has 0 spiro atoms. The lowest BCUT2D eigenvalue weighted by Gasteiger charge is -2.14. The van der Waals surface area contributed by atoms with Gasteiger partial charge >= 0.3 is 0 Å². The van der Waals surface area contributed by atoms with Crippen molar-refractivity contribution in [2.24, 2.45) is 0 Å². The monoisotopic (exact) mass is 188 g/mol. The van der Waals surface area contributed by atoms with Crippen LogP contribution >= 0.6 is 0 Å². The van der Waals surface area contributed by atoms with Gasteiger partial charge in [0.15, 0.2) is 0 Å². The van der Waals surface area contributed by atoms with Crippen LogP contribution in [0.2, 0.25) is 0 Å². The molecule has 1 aromatic rings. The molecule has 0 aliphatic rings. The molecule has 1 radical (unpaired) electrons. The molecule has 0 aliphatic carbocycles. The van der Waals surface area contributed by atoms with Gasteiger partial charge in [-0.25, -0.2) is 0 Å². The Kier molecular flexibility index (Phi) is 3.67. The highest BCUT2D eigenvalue weighted by atomic mass is 16.5. The molecular weight excluding hydrogens is 174 g/mol. The third-order valence-electron chi connectivity index (χ3n) is 2.32. The molecule has 0 saturated carbocycles. The number of methoxy groups -OCH3 is 1. The van der Waals surface area contributed by atoms with Crippen molar-refractivity contribution >= 4 is 0 Å². The summed E-state index contributed by atoms with van der Waals surface area (Å²) >= 11 is 0. The molecule has 0 aliphatic heterocycles. The molecule has 14 heavy (non-hydrogen) atoms. The van der Waals surface area contributed by atoms with Gasteiger partial charge in [0.2, 0.25) is 0 Å². The Bertz CT molecular complexity index is 352. The van der Waals surface area contributed by atoms with Gasteiger partial charge in [0.25, 0.3) is 0 Å². The van der Waals surface area contributed by atoms with Crippen molar-refractivity contribution in [2.75, 3.05) is 7.11 Å². The van der Waals surface area contributed by atoms with Gasteiger partial charge in [-0.1, -0.05) is 19.1 Å². The van der Waals surface area contributed by atoms with E-state index < -0.39 is 0 Å². The standard InChI is InChI=1S/C12H14NO/c1-4-11-10(8-13)6-5-7-12(11)9(2)14-3/h5-7,9H,2,4H2,1,3H3. The molecular formula is C12H14NO. The molecule has 1 aromatic carbocycles. The van der Waals surface area contributed by atoms with Gasteiger partial charge in [-0.05, 0) is 30.5 Å². The second-order valence-electron chi connectivity index (χ2n) is 3.06. The van der Waals surface area contributed by atoms with Crippen LogP contribution in [0.5, 0.6) is 0 Å². The van der Waals surface area contributed by atoms with E-state index in [9.17, 15) is 0 Å². The van der Waals surface area contributed by atoms with Crippen LogP contribution in [0, 0.1) is 18.3 Å². The lowest BCUT2D eigenvalue weighted by Crippen LogP contribution is -2.02. The summed E-state index contributed by atoms with van der Waals surface area (Å²) in [6.45, 7) is 5.91. The largest absolute Gasteiger partial charge is 0.377 e. The molecule has 0 fully saturated rings. The van der Waals surface area contributed by atoms with Crippen LogP contribution in [0.1, 0.15) is 29.7 Å². The third kappa shape index (κ3) is 1.94. The normalized spacial score (nSPS) is 12.1.